The van der Waals surface area contributed by atoms with Gasteiger partial charge in [0.05, 0.1) is 0 Å². The van der Waals surface area contributed by atoms with E-state index >= 15 is 0 Å². The molecule has 1 heterocycles. The molecule has 1 fully saturated rings. The fourth-order valence-electron chi connectivity index (χ4n) is 1.88. The predicted octanol–water partition coefficient (Wildman–Crippen LogP) is 1.35. The molecule has 0 aromatic carbocycles. The summed E-state index contributed by atoms with van der Waals surface area (Å²) in [4.78, 5) is 33.2. The van der Waals surface area contributed by atoms with Crippen LogP contribution in [0.3, 0.4) is 0 Å². The Morgan fingerprint density at radius 2 is 1.78 bits per heavy atom. The number of rotatable bonds is 8. The topological polar surface area (TPSA) is 72.5 Å². The summed E-state index contributed by atoms with van der Waals surface area (Å²) < 4.78 is 4.75. The number of hydrogen-bond donors (Lipinski definition) is 1. The Morgan fingerprint density at radius 1 is 1.17 bits per heavy atom. The highest BCUT2D eigenvalue weighted by Gasteiger charge is 2.39. The summed E-state index contributed by atoms with van der Waals surface area (Å²) in [6, 6.07) is -0.463. The van der Waals surface area contributed by atoms with Crippen molar-refractivity contribution in [2.75, 3.05) is 0 Å². The maximum absolute atomic E-state index is 11.5. The van der Waals surface area contributed by atoms with Crippen LogP contribution in [0.4, 0.5) is 0 Å². The lowest BCUT2D eigenvalue weighted by Crippen LogP contribution is -2.58. The van der Waals surface area contributed by atoms with Gasteiger partial charge in [-0.25, -0.2) is 4.79 Å². The lowest BCUT2D eigenvalue weighted by molar-refractivity contribution is -0.176. The fraction of sp³-hybridized carbons (Fsp3) is 0.769. The lowest BCUT2D eigenvalue weighted by Gasteiger charge is -2.32. The van der Waals surface area contributed by atoms with Crippen LogP contribution in [-0.2, 0) is 19.1 Å². The third-order valence-electron chi connectivity index (χ3n) is 3.02. The van der Waals surface area contributed by atoms with E-state index in [0.717, 1.165) is 25.7 Å². The Labute approximate surface area is 107 Å². The SMILES string of the molecule is CC(=O)CCCCCCC(=O)N[C@@H]1C(=O)O[C@@H]1C. The molecule has 1 aliphatic rings. The van der Waals surface area contributed by atoms with Gasteiger partial charge in [0.25, 0.3) is 0 Å². The van der Waals surface area contributed by atoms with Gasteiger partial charge in [0.1, 0.15) is 11.9 Å². The Bertz CT molecular complexity index is 327. The molecule has 0 bridgehead atoms. The number of carbonyl (C=O) groups is 3. The van der Waals surface area contributed by atoms with Crippen LogP contribution in [-0.4, -0.2) is 29.8 Å². The van der Waals surface area contributed by atoms with Crippen LogP contribution >= 0.6 is 0 Å². The number of cyclic esters (lactones) is 1. The van der Waals surface area contributed by atoms with E-state index in [1.165, 1.54) is 0 Å². The van der Waals surface area contributed by atoms with E-state index in [0.29, 0.717) is 12.8 Å². The van der Waals surface area contributed by atoms with E-state index in [1.54, 1.807) is 13.8 Å². The smallest absolute Gasteiger partial charge is 0.332 e. The van der Waals surface area contributed by atoms with Crippen LogP contribution in [0.25, 0.3) is 0 Å². The van der Waals surface area contributed by atoms with Crippen LogP contribution in [0.15, 0.2) is 0 Å². The van der Waals surface area contributed by atoms with Gasteiger partial charge in [-0.05, 0) is 26.7 Å². The first-order valence-electron chi connectivity index (χ1n) is 6.50. The summed E-state index contributed by atoms with van der Waals surface area (Å²) >= 11 is 0. The van der Waals surface area contributed by atoms with Crippen molar-refractivity contribution in [3.63, 3.8) is 0 Å². The molecule has 1 rings (SSSR count). The number of carbonyl (C=O) groups excluding carboxylic acids is 3. The van der Waals surface area contributed by atoms with Crippen LogP contribution in [0.2, 0.25) is 0 Å². The second-order valence-corrected chi connectivity index (χ2v) is 4.80. The number of ketones is 1. The van der Waals surface area contributed by atoms with Crippen molar-refractivity contribution in [3.05, 3.63) is 0 Å². The van der Waals surface area contributed by atoms with Gasteiger partial charge in [-0.1, -0.05) is 12.8 Å². The Hall–Kier alpha value is -1.39. The number of hydrogen-bond acceptors (Lipinski definition) is 4. The molecule has 0 unspecified atom stereocenters. The molecule has 1 amide bonds. The summed E-state index contributed by atoms with van der Waals surface area (Å²) in [6.07, 6.45) is 4.42. The maximum Gasteiger partial charge on any atom is 0.332 e. The molecule has 5 nitrogen and oxygen atoms in total. The average Bonchev–Trinajstić information content (AvgIpc) is 2.30. The predicted molar refractivity (Wildman–Crippen MR) is 65.9 cm³/mol. The second kappa shape index (κ2) is 7.13. The summed E-state index contributed by atoms with van der Waals surface area (Å²) in [5, 5.41) is 2.66. The minimum atomic E-state index is -0.463. The highest BCUT2D eigenvalue weighted by atomic mass is 16.6. The largest absolute Gasteiger partial charge is 0.458 e. The van der Waals surface area contributed by atoms with Crippen molar-refractivity contribution in [3.8, 4) is 0 Å². The number of ether oxygens (including phenoxy) is 1. The maximum atomic E-state index is 11.5. The van der Waals surface area contributed by atoms with Gasteiger partial charge in [-0.15, -0.1) is 0 Å². The van der Waals surface area contributed by atoms with Crippen LogP contribution in [0, 0.1) is 0 Å². The van der Waals surface area contributed by atoms with Gasteiger partial charge in [-0.3, -0.25) is 4.79 Å². The number of Topliss-reactive ketones (excluding diaryl/α,β-unsaturated/α-hetero) is 1. The van der Waals surface area contributed by atoms with Crippen molar-refractivity contribution in [1.29, 1.82) is 0 Å². The summed E-state index contributed by atoms with van der Waals surface area (Å²) in [7, 11) is 0. The molecule has 102 valence electrons. The first-order chi connectivity index (χ1) is 8.50. The molecular formula is C13H21NO4. The first kappa shape index (κ1) is 14.7. The molecule has 1 saturated heterocycles. The van der Waals surface area contributed by atoms with E-state index in [2.05, 4.69) is 5.32 Å². The average molecular weight is 255 g/mol. The monoisotopic (exact) mass is 255 g/mol. The number of nitrogens with one attached hydrogen (secondary N) is 1. The molecule has 0 saturated carbocycles. The van der Waals surface area contributed by atoms with Crippen LogP contribution in [0.1, 0.15) is 52.4 Å². The molecule has 0 spiro atoms. The molecule has 0 aromatic rings. The van der Waals surface area contributed by atoms with Crippen molar-refractivity contribution in [2.24, 2.45) is 0 Å². The third kappa shape index (κ3) is 4.85. The zero-order valence-corrected chi connectivity index (χ0v) is 11.0. The normalized spacial score (nSPS) is 22.0. The molecule has 5 heteroatoms. The molecule has 0 radical (unpaired) electrons. The summed E-state index contributed by atoms with van der Waals surface area (Å²) in [5.74, 6) is -0.238. The van der Waals surface area contributed by atoms with Gasteiger partial charge < -0.3 is 14.8 Å². The zero-order chi connectivity index (χ0) is 13.5. The van der Waals surface area contributed by atoms with Crippen LogP contribution in [0.5, 0.6) is 0 Å². The molecule has 0 aliphatic carbocycles. The zero-order valence-electron chi connectivity index (χ0n) is 11.0. The molecular weight excluding hydrogens is 234 g/mol. The highest BCUT2D eigenvalue weighted by molar-refractivity contribution is 5.88. The van der Waals surface area contributed by atoms with Crippen molar-refractivity contribution in [1.82, 2.24) is 5.32 Å². The standard InChI is InChI=1S/C13H21NO4/c1-9(15)7-5-3-4-6-8-11(16)14-12-10(2)18-13(12)17/h10,12H,3-8H2,1-2H3,(H,14,16)/t10-,12+/m1/s1. The van der Waals surface area contributed by atoms with Crippen molar-refractivity contribution in [2.45, 2.75) is 64.5 Å². The Kier molecular flexibility index (Phi) is 5.82. The minimum Gasteiger partial charge on any atom is -0.458 e. The quantitative estimate of drug-likeness (QED) is 0.525. The summed E-state index contributed by atoms with van der Waals surface area (Å²) in [5.41, 5.74) is 0. The summed E-state index contributed by atoms with van der Waals surface area (Å²) in [6.45, 7) is 3.35. The van der Waals surface area contributed by atoms with Gasteiger partial charge in [-0.2, -0.15) is 0 Å². The third-order valence-corrected chi connectivity index (χ3v) is 3.02. The fourth-order valence-corrected chi connectivity index (χ4v) is 1.88. The Morgan fingerprint density at radius 3 is 2.28 bits per heavy atom. The molecule has 2 atom stereocenters. The van der Waals surface area contributed by atoms with Gasteiger partial charge in [0.2, 0.25) is 5.91 Å². The van der Waals surface area contributed by atoms with Gasteiger partial charge in [0.15, 0.2) is 6.04 Å². The van der Waals surface area contributed by atoms with Gasteiger partial charge in [0, 0.05) is 12.8 Å². The van der Waals surface area contributed by atoms with E-state index < -0.39 is 6.04 Å². The number of unbranched alkanes of at least 4 members (excludes halogenated alkanes) is 3. The van der Waals surface area contributed by atoms with E-state index in [4.69, 9.17) is 4.74 Å². The molecule has 18 heavy (non-hydrogen) atoms. The number of amides is 1. The highest BCUT2D eigenvalue weighted by Crippen LogP contribution is 2.14. The van der Waals surface area contributed by atoms with E-state index in [9.17, 15) is 14.4 Å². The lowest BCUT2D eigenvalue weighted by atomic mass is 10.1. The molecule has 1 aliphatic heterocycles. The number of esters is 1. The molecule has 1 N–H and O–H groups in total. The van der Waals surface area contributed by atoms with E-state index in [-0.39, 0.29) is 23.8 Å². The van der Waals surface area contributed by atoms with Crippen LogP contribution < -0.4 is 5.32 Å². The second-order valence-electron chi connectivity index (χ2n) is 4.80. The van der Waals surface area contributed by atoms with E-state index in [1.807, 2.05) is 0 Å². The van der Waals surface area contributed by atoms with Crippen molar-refractivity contribution >= 4 is 17.7 Å². The minimum absolute atomic E-state index is 0.102. The Balaban J connectivity index is 2.00. The first-order valence-corrected chi connectivity index (χ1v) is 6.50. The van der Waals surface area contributed by atoms with Crippen molar-refractivity contribution < 1.29 is 19.1 Å². The molecule has 0 aromatic heterocycles. The van der Waals surface area contributed by atoms with Gasteiger partial charge >= 0.3 is 5.97 Å².